The molecule has 1 rings (SSSR count). The van der Waals surface area contributed by atoms with Crippen LogP contribution in [0, 0.1) is 5.92 Å². The SMILES string of the molecule is CCCNC1CCN(CC(O)COC)CC1CC. The number of hydrogen-bond acceptors (Lipinski definition) is 4. The normalized spacial score (nSPS) is 27.3. The zero-order valence-corrected chi connectivity index (χ0v) is 12.2. The molecule has 0 aromatic rings. The highest BCUT2D eigenvalue weighted by molar-refractivity contribution is 4.85. The molecule has 0 radical (unpaired) electrons. The number of nitrogens with zero attached hydrogens (tertiary/aromatic N) is 1. The van der Waals surface area contributed by atoms with Crippen LogP contribution in [0.2, 0.25) is 0 Å². The summed E-state index contributed by atoms with van der Waals surface area (Å²) in [7, 11) is 1.64. The van der Waals surface area contributed by atoms with Crippen molar-refractivity contribution in [2.45, 2.75) is 45.3 Å². The summed E-state index contributed by atoms with van der Waals surface area (Å²) in [5.41, 5.74) is 0. The summed E-state index contributed by atoms with van der Waals surface area (Å²) in [6.07, 6.45) is 3.24. The molecule has 1 aliphatic heterocycles. The minimum Gasteiger partial charge on any atom is -0.389 e. The second kappa shape index (κ2) is 8.86. The van der Waals surface area contributed by atoms with Gasteiger partial charge in [-0.25, -0.2) is 0 Å². The van der Waals surface area contributed by atoms with Gasteiger partial charge < -0.3 is 20.1 Å². The monoisotopic (exact) mass is 258 g/mol. The molecule has 0 aliphatic carbocycles. The molecule has 1 fully saturated rings. The topological polar surface area (TPSA) is 44.7 Å². The van der Waals surface area contributed by atoms with Gasteiger partial charge in [-0.2, -0.15) is 0 Å². The minimum atomic E-state index is -0.354. The molecule has 0 spiro atoms. The molecule has 0 amide bonds. The highest BCUT2D eigenvalue weighted by Gasteiger charge is 2.28. The van der Waals surface area contributed by atoms with E-state index in [0.29, 0.717) is 18.6 Å². The number of rotatable bonds is 8. The Morgan fingerprint density at radius 3 is 2.83 bits per heavy atom. The molecule has 18 heavy (non-hydrogen) atoms. The van der Waals surface area contributed by atoms with Crippen molar-refractivity contribution >= 4 is 0 Å². The van der Waals surface area contributed by atoms with Crippen LogP contribution in [0.3, 0.4) is 0 Å². The second-order valence-electron chi connectivity index (χ2n) is 5.39. The van der Waals surface area contributed by atoms with Crippen LogP contribution in [-0.2, 0) is 4.74 Å². The average Bonchev–Trinajstić information content (AvgIpc) is 2.37. The number of ether oxygens (including phenoxy) is 1. The standard InChI is InChI=1S/C14H30N2O2/c1-4-7-15-14-6-8-16(9-12(14)5-2)10-13(17)11-18-3/h12-15,17H,4-11H2,1-3H3. The molecule has 3 unspecified atom stereocenters. The van der Waals surface area contributed by atoms with E-state index < -0.39 is 0 Å². The fourth-order valence-corrected chi connectivity index (χ4v) is 2.83. The minimum absolute atomic E-state index is 0.354. The predicted octanol–water partition coefficient (Wildman–Crippen LogP) is 1.09. The van der Waals surface area contributed by atoms with E-state index in [2.05, 4.69) is 24.1 Å². The summed E-state index contributed by atoms with van der Waals surface area (Å²) in [5, 5.41) is 13.4. The largest absolute Gasteiger partial charge is 0.389 e. The zero-order valence-electron chi connectivity index (χ0n) is 12.2. The number of likely N-dealkylation sites (tertiary alicyclic amines) is 1. The van der Waals surface area contributed by atoms with Gasteiger partial charge in [0.05, 0.1) is 12.7 Å². The van der Waals surface area contributed by atoms with E-state index >= 15 is 0 Å². The summed E-state index contributed by atoms with van der Waals surface area (Å²) >= 11 is 0. The van der Waals surface area contributed by atoms with Crippen LogP contribution in [0.1, 0.15) is 33.1 Å². The van der Waals surface area contributed by atoms with Gasteiger partial charge in [-0.3, -0.25) is 0 Å². The molecule has 0 aromatic heterocycles. The number of aliphatic hydroxyl groups excluding tert-OH is 1. The lowest BCUT2D eigenvalue weighted by Crippen LogP contribution is -2.51. The molecular formula is C14H30N2O2. The molecule has 0 aromatic carbocycles. The van der Waals surface area contributed by atoms with Crippen molar-refractivity contribution in [3.8, 4) is 0 Å². The van der Waals surface area contributed by atoms with Gasteiger partial charge in [0.25, 0.3) is 0 Å². The van der Waals surface area contributed by atoms with Crippen molar-refractivity contribution in [2.75, 3.05) is 39.9 Å². The Kier molecular flexibility index (Phi) is 7.82. The van der Waals surface area contributed by atoms with Gasteiger partial charge >= 0.3 is 0 Å². The van der Waals surface area contributed by atoms with Crippen molar-refractivity contribution in [2.24, 2.45) is 5.92 Å². The first-order valence-corrected chi connectivity index (χ1v) is 7.33. The van der Waals surface area contributed by atoms with Crippen LogP contribution in [0.5, 0.6) is 0 Å². The first-order chi connectivity index (χ1) is 8.71. The number of methoxy groups -OCH3 is 1. The van der Waals surface area contributed by atoms with E-state index in [1.165, 1.54) is 19.3 Å². The highest BCUT2D eigenvalue weighted by atomic mass is 16.5. The van der Waals surface area contributed by atoms with Crippen molar-refractivity contribution in [1.82, 2.24) is 10.2 Å². The van der Waals surface area contributed by atoms with Crippen LogP contribution in [0.4, 0.5) is 0 Å². The van der Waals surface area contributed by atoms with Crippen molar-refractivity contribution < 1.29 is 9.84 Å². The Morgan fingerprint density at radius 2 is 2.22 bits per heavy atom. The lowest BCUT2D eigenvalue weighted by molar-refractivity contribution is 0.0219. The molecule has 1 aliphatic rings. The van der Waals surface area contributed by atoms with E-state index in [4.69, 9.17) is 4.74 Å². The third-order valence-electron chi connectivity index (χ3n) is 3.83. The molecule has 108 valence electrons. The lowest BCUT2D eigenvalue weighted by Gasteiger charge is -2.39. The number of hydrogen-bond donors (Lipinski definition) is 2. The van der Waals surface area contributed by atoms with Gasteiger partial charge in [0.1, 0.15) is 0 Å². The quantitative estimate of drug-likeness (QED) is 0.684. The molecule has 2 N–H and O–H groups in total. The van der Waals surface area contributed by atoms with E-state index in [0.717, 1.165) is 26.2 Å². The Labute approximate surface area is 112 Å². The van der Waals surface area contributed by atoms with Gasteiger partial charge in [-0.1, -0.05) is 20.3 Å². The summed E-state index contributed by atoms with van der Waals surface area (Å²) in [4.78, 5) is 2.38. The van der Waals surface area contributed by atoms with Gasteiger partial charge in [-0.15, -0.1) is 0 Å². The summed E-state index contributed by atoms with van der Waals surface area (Å²) in [5.74, 6) is 0.708. The fraction of sp³-hybridized carbons (Fsp3) is 1.00. The first kappa shape index (κ1) is 15.9. The van der Waals surface area contributed by atoms with E-state index in [1.54, 1.807) is 7.11 Å². The lowest BCUT2D eigenvalue weighted by atomic mass is 9.89. The van der Waals surface area contributed by atoms with Gasteiger partial charge in [0.15, 0.2) is 0 Å². The van der Waals surface area contributed by atoms with Crippen LogP contribution >= 0.6 is 0 Å². The number of piperidine rings is 1. The molecule has 4 heteroatoms. The van der Waals surface area contributed by atoms with E-state index in [9.17, 15) is 5.11 Å². The Balaban J connectivity index is 2.35. The van der Waals surface area contributed by atoms with Gasteiger partial charge in [-0.05, 0) is 31.8 Å². The Hall–Kier alpha value is -0.160. The molecule has 0 bridgehead atoms. The summed E-state index contributed by atoms with van der Waals surface area (Å²) < 4.78 is 4.98. The maximum Gasteiger partial charge on any atom is 0.0900 e. The summed E-state index contributed by atoms with van der Waals surface area (Å²) in [6.45, 7) is 8.95. The van der Waals surface area contributed by atoms with Crippen molar-refractivity contribution in [1.29, 1.82) is 0 Å². The van der Waals surface area contributed by atoms with Gasteiger partial charge in [0, 0.05) is 26.2 Å². The second-order valence-corrected chi connectivity index (χ2v) is 5.39. The molecule has 1 saturated heterocycles. The van der Waals surface area contributed by atoms with Crippen LogP contribution < -0.4 is 5.32 Å². The Bertz CT molecular complexity index is 214. The van der Waals surface area contributed by atoms with Crippen molar-refractivity contribution in [3.05, 3.63) is 0 Å². The zero-order chi connectivity index (χ0) is 13.4. The third kappa shape index (κ3) is 5.22. The maximum absolute atomic E-state index is 9.79. The third-order valence-corrected chi connectivity index (χ3v) is 3.83. The Morgan fingerprint density at radius 1 is 1.44 bits per heavy atom. The molecule has 3 atom stereocenters. The van der Waals surface area contributed by atoms with Crippen LogP contribution in [-0.4, -0.2) is 62.0 Å². The first-order valence-electron chi connectivity index (χ1n) is 7.33. The van der Waals surface area contributed by atoms with E-state index in [1.807, 2.05) is 0 Å². The number of nitrogens with one attached hydrogen (secondary N) is 1. The van der Waals surface area contributed by atoms with Gasteiger partial charge in [0.2, 0.25) is 0 Å². The number of β-amino-alcohol motifs (C(OH)–C–C–N with tert-alkyl or cyclic N) is 1. The van der Waals surface area contributed by atoms with Crippen molar-refractivity contribution in [3.63, 3.8) is 0 Å². The van der Waals surface area contributed by atoms with E-state index in [-0.39, 0.29) is 6.10 Å². The molecule has 1 heterocycles. The average molecular weight is 258 g/mol. The molecule has 0 saturated carbocycles. The van der Waals surface area contributed by atoms with Crippen LogP contribution in [0.25, 0.3) is 0 Å². The smallest absolute Gasteiger partial charge is 0.0900 e. The highest BCUT2D eigenvalue weighted by Crippen LogP contribution is 2.20. The molecule has 4 nitrogen and oxygen atoms in total. The predicted molar refractivity (Wildman–Crippen MR) is 74.8 cm³/mol. The summed E-state index contributed by atoms with van der Waals surface area (Å²) in [6, 6.07) is 0.658. The number of aliphatic hydroxyl groups is 1. The maximum atomic E-state index is 9.79. The van der Waals surface area contributed by atoms with Crippen LogP contribution in [0.15, 0.2) is 0 Å². The fourth-order valence-electron chi connectivity index (χ4n) is 2.83. The molecular weight excluding hydrogens is 228 g/mol.